The molecule has 0 aliphatic rings. The SMILES string of the molecule is CC(C)(C)OC(=O)C(=O)Cc1cccc(-c2cccnc2)c1. The summed E-state index contributed by atoms with van der Waals surface area (Å²) in [5, 5.41) is 0. The topological polar surface area (TPSA) is 56.3 Å². The van der Waals surface area contributed by atoms with E-state index in [1.165, 1.54) is 0 Å². The van der Waals surface area contributed by atoms with Gasteiger partial charge in [0.2, 0.25) is 5.78 Å². The van der Waals surface area contributed by atoms with Gasteiger partial charge in [0.1, 0.15) is 5.60 Å². The molecule has 0 aliphatic carbocycles. The summed E-state index contributed by atoms with van der Waals surface area (Å²) in [4.78, 5) is 27.8. The zero-order chi connectivity index (χ0) is 16.2. The highest BCUT2D eigenvalue weighted by atomic mass is 16.6. The lowest BCUT2D eigenvalue weighted by Crippen LogP contribution is -2.29. The molecular weight excluding hydrogens is 278 g/mol. The second-order valence-corrected chi connectivity index (χ2v) is 6.04. The molecule has 2 aromatic rings. The van der Waals surface area contributed by atoms with Crippen LogP contribution in [0.2, 0.25) is 0 Å². The quantitative estimate of drug-likeness (QED) is 0.642. The van der Waals surface area contributed by atoms with Crippen molar-refractivity contribution in [3.05, 3.63) is 54.4 Å². The molecule has 0 aliphatic heterocycles. The number of aromatic nitrogens is 1. The Balaban J connectivity index is 2.11. The predicted octanol–water partition coefficient (Wildman–Crippen LogP) is 3.20. The number of rotatable bonds is 4. The molecule has 0 atom stereocenters. The summed E-state index contributed by atoms with van der Waals surface area (Å²) in [6, 6.07) is 11.3. The van der Waals surface area contributed by atoms with Crippen LogP contribution in [0.15, 0.2) is 48.8 Å². The third-order valence-electron chi connectivity index (χ3n) is 2.91. The molecule has 0 bridgehead atoms. The van der Waals surface area contributed by atoms with Gasteiger partial charge in [-0.2, -0.15) is 0 Å². The van der Waals surface area contributed by atoms with E-state index in [0.29, 0.717) is 0 Å². The minimum absolute atomic E-state index is 0.0308. The number of ether oxygens (including phenoxy) is 1. The van der Waals surface area contributed by atoms with E-state index in [9.17, 15) is 9.59 Å². The van der Waals surface area contributed by atoms with Crippen molar-refractivity contribution in [2.24, 2.45) is 0 Å². The van der Waals surface area contributed by atoms with E-state index in [1.807, 2.05) is 36.4 Å². The Bertz CT molecular complexity index is 672. The first kappa shape index (κ1) is 15.9. The van der Waals surface area contributed by atoms with Crippen LogP contribution in [0.1, 0.15) is 26.3 Å². The number of benzene rings is 1. The van der Waals surface area contributed by atoms with Gasteiger partial charge < -0.3 is 4.74 Å². The van der Waals surface area contributed by atoms with Crippen LogP contribution < -0.4 is 0 Å². The van der Waals surface area contributed by atoms with Crippen molar-refractivity contribution >= 4 is 11.8 Å². The third kappa shape index (κ3) is 4.52. The number of hydrogen-bond donors (Lipinski definition) is 0. The molecule has 2 rings (SSSR count). The van der Waals surface area contributed by atoms with Crippen molar-refractivity contribution in [1.29, 1.82) is 0 Å². The summed E-state index contributed by atoms with van der Waals surface area (Å²) in [5.41, 5.74) is 2.04. The fourth-order valence-corrected chi connectivity index (χ4v) is 1.99. The third-order valence-corrected chi connectivity index (χ3v) is 2.91. The molecular formula is C18H19NO3. The maximum atomic E-state index is 12.0. The fourth-order valence-electron chi connectivity index (χ4n) is 1.99. The highest BCUT2D eigenvalue weighted by molar-refractivity contribution is 6.34. The van der Waals surface area contributed by atoms with Crippen molar-refractivity contribution in [3.8, 4) is 11.1 Å². The molecule has 0 fully saturated rings. The maximum Gasteiger partial charge on any atom is 0.375 e. The van der Waals surface area contributed by atoms with E-state index in [2.05, 4.69) is 4.98 Å². The maximum absolute atomic E-state index is 12.0. The molecule has 1 heterocycles. The van der Waals surface area contributed by atoms with Crippen molar-refractivity contribution in [3.63, 3.8) is 0 Å². The Morgan fingerprint density at radius 2 is 1.82 bits per heavy atom. The van der Waals surface area contributed by atoms with Gasteiger partial charge in [-0.25, -0.2) is 4.79 Å². The number of Topliss-reactive ketones (excluding diaryl/α,β-unsaturated/α-hetero) is 1. The summed E-state index contributed by atoms with van der Waals surface area (Å²) in [6.45, 7) is 5.21. The van der Waals surface area contributed by atoms with Crippen LogP contribution in [-0.2, 0) is 20.7 Å². The van der Waals surface area contributed by atoms with E-state index in [0.717, 1.165) is 16.7 Å². The van der Waals surface area contributed by atoms with E-state index < -0.39 is 17.4 Å². The van der Waals surface area contributed by atoms with Gasteiger partial charge in [-0.15, -0.1) is 0 Å². The number of carbonyl (C=O) groups excluding carboxylic acids is 2. The normalized spacial score (nSPS) is 11.0. The van der Waals surface area contributed by atoms with E-state index in [4.69, 9.17) is 4.74 Å². The molecule has 0 amide bonds. The molecule has 0 saturated heterocycles. The van der Waals surface area contributed by atoms with Gasteiger partial charge in [0.05, 0.1) is 0 Å². The summed E-state index contributed by atoms with van der Waals surface area (Å²) >= 11 is 0. The first-order chi connectivity index (χ1) is 10.3. The predicted molar refractivity (Wildman–Crippen MR) is 84.2 cm³/mol. The van der Waals surface area contributed by atoms with Crippen molar-refractivity contribution in [2.75, 3.05) is 0 Å². The molecule has 0 saturated carbocycles. The number of esters is 1. The smallest absolute Gasteiger partial charge is 0.375 e. The molecule has 1 aromatic carbocycles. The van der Waals surface area contributed by atoms with Crippen LogP contribution >= 0.6 is 0 Å². The van der Waals surface area contributed by atoms with Crippen LogP contribution in [0, 0.1) is 0 Å². The van der Waals surface area contributed by atoms with Crippen molar-refractivity contribution in [2.45, 2.75) is 32.8 Å². The Labute approximate surface area is 130 Å². The van der Waals surface area contributed by atoms with Crippen molar-refractivity contribution in [1.82, 2.24) is 4.98 Å². The molecule has 0 N–H and O–H groups in total. The van der Waals surface area contributed by atoms with Crippen molar-refractivity contribution < 1.29 is 14.3 Å². The number of carbonyl (C=O) groups is 2. The summed E-state index contributed by atoms with van der Waals surface area (Å²) in [7, 11) is 0. The molecule has 1 aromatic heterocycles. The number of ketones is 1. The van der Waals surface area contributed by atoms with Gasteiger partial charge in [-0.1, -0.05) is 30.3 Å². The molecule has 4 nitrogen and oxygen atoms in total. The lowest BCUT2D eigenvalue weighted by molar-refractivity contribution is -0.162. The molecule has 0 spiro atoms. The zero-order valence-electron chi connectivity index (χ0n) is 13.0. The Hall–Kier alpha value is -2.49. The first-order valence-electron chi connectivity index (χ1n) is 7.11. The average Bonchev–Trinajstić information content (AvgIpc) is 2.46. The van der Waals surface area contributed by atoms with E-state index in [-0.39, 0.29) is 6.42 Å². The summed E-state index contributed by atoms with van der Waals surface area (Å²) < 4.78 is 5.09. The largest absolute Gasteiger partial charge is 0.454 e. The first-order valence-corrected chi connectivity index (χ1v) is 7.11. The van der Waals surface area contributed by atoms with Gasteiger partial charge in [0.25, 0.3) is 0 Å². The van der Waals surface area contributed by atoms with Crippen LogP contribution in [0.3, 0.4) is 0 Å². The van der Waals surface area contributed by atoms with Crippen LogP contribution in [0.5, 0.6) is 0 Å². The highest BCUT2D eigenvalue weighted by Gasteiger charge is 2.22. The number of nitrogens with zero attached hydrogens (tertiary/aromatic N) is 1. The van der Waals surface area contributed by atoms with Crippen LogP contribution in [-0.4, -0.2) is 22.3 Å². The van der Waals surface area contributed by atoms with Gasteiger partial charge in [-0.05, 0) is 43.5 Å². The van der Waals surface area contributed by atoms with Crippen LogP contribution in [0.25, 0.3) is 11.1 Å². The molecule has 114 valence electrons. The number of hydrogen-bond acceptors (Lipinski definition) is 4. The molecule has 4 heteroatoms. The summed E-state index contributed by atoms with van der Waals surface area (Å²) in [5.74, 6) is -1.34. The zero-order valence-corrected chi connectivity index (χ0v) is 13.0. The highest BCUT2D eigenvalue weighted by Crippen LogP contribution is 2.19. The van der Waals surface area contributed by atoms with Gasteiger partial charge >= 0.3 is 5.97 Å². The number of pyridine rings is 1. The molecule has 0 radical (unpaired) electrons. The van der Waals surface area contributed by atoms with Gasteiger partial charge in [0, 0.05) is 18.8 Å². The fraction of sp³-hybridized carbons (Fsp3) is 0.278. The Kier molecular flexibility index (Phi) is 4.71. The molecule has 0 unspecified atom stereocenters. The van der Waals surface area contributed by atoms with E-state index in [1.54, 1.807) is 33.2 Å². The minimum Gasteiger partial charge on any atom is -0.454 e. The van der Waals surface area contributed by atoms with Gasteiger partial charge in [-0.3, -0.25) is 9.78 Å². The van der Waals surface area contributed by atoms with Crippen LogP contribution in [0.4, 0.5) is 0 Å². The Morgan fingerprint density at radius 3 is 2.45 bits per heavy atom. The second-order valence-electron chi connectivity index (χ2n) is 6.04. The summed E-state index contributed by atoms with van der Waals surface area (Å²) in [6.07, 6.45) is 3.50. The average molecular weight is 297 g/mol. The lowest BCUT2D eigenvalue weighted by atomic mass is 10.0. The van der Waals surface area contributed by atoms with Gasteiger partial charge in [0.15, 0.2) is 0 Å². The molecule has 22 heavy (non-hydrogen) atoms. The lowest BCUT2D eigenvalue weighted by Gasteiger charge is -2.18. The standard InChI is InChI=1S/C18H19NO3/c1-18(2,3)22-17(21)16(20)11-13-6-4-7-14(10-13)15-8-5-9-19-12-15/h4-10,12H,11H2,1-3H3. The minimum atomic E-state index is -0.792. The second kappa shape index (κ2) is 6.52. The monoisotopic (exact) mass is 297 g/mol. The van der Waals surface area contributed by atoms with E-state index >= 15 is 0 Å². The Morgan fingerprint density at radius 1 is 1.09 bits per heavy atom.